The van der Waals surface area contributed by atoms with Crippen LogP contribution in [-0.2, 0) is 15.7 Å². The lowest BCUT2D eigenvalue weighted by Crippen LogP contribution is -2.35. The van der Waals surface area contributed by atoms with Gasteiger partial charge in [-0.05, 0) is 30.3 Å². The van der Waals surface area contributed by atoms with Crippen molar-refractivity contribution in [3.63, 3.8) is 0 Å². The Hall–Kier alpha value is -1.83. The van der Waals surface area contributed by atoms with Gasteiger partial charge in [-0.3, -0.25) is 0 Å². The van der Waals surface area contributed by atoms with E-state index in [2.05, 4.69) is 0 Å². The molecule has 2 aromatic rings. The topological polar surface area (TPSA) is 44.8 Å². The fraction of sp³-hybridized carbons (Fsp3) is 0.278. The molecule has 0 aromatic heterocycles. The largest absolute Gasteiger partial charge is 0.488 e. The average molecular weight is 458 g/mol. The minimum absolute atomic E-state index is 0.0485. The van der Waals surface area contributed by atoms with Gasteiger partial charge in [0.1, 0.15) is 24.7 Å². The molecule has 0 aliphatic rings. The predicted octanol–water partition coefficient (Wildman–Crippen LogP) is 5.62. The number of alkyl halides is 4. The second-order valence-electron chi connectivity index (χ2n) is 5.35. The molecular formula is C18H14Cl3F3O4. The van der Waals surface area contributed by atoms with Gasteiger partial charge in [0.25, 0.3) is 0 Å². The number of hydrogen-bond donors (Lipinski definition) is 0. The molecule has 0 N–H and O–H groups in total. The van der Waals surface area contributed by atoms with Crippen LogP contribution < -0.4 is 9.47 Å². The standard InChI is InChI=1S/C18H14Cl3F3O4/c19-7-8-26-17(25)16(28-15-4-2-1-3-12(15)20)10-27-14-6-5-11(9-13(14)21)18(22,23)24/h1-6,9,16H,7-8,10H2. The zero-order valence-electron chi connectivity index (χ0n) is 14.1. The maximum Gasteiger partial charge on any atom is 0.416 e. The molecule has 0 bridgehead atoms. The molecule has 28 heavy (non-hydrogen) atoms. The van der Waals surface area contributed by atoms with Gasteiger partial charge in [-0.1, -0.05) is 35.3 Å². The summed E-state index contributed by atoms with van der Waals surface area (Å²) in [6, 6.07) is 9.02. The Morgan fingerprint density at radius 2 is 1.75 bits per heavy atom. The van der Waals surface area contributed by atoms with E-state index in [-0.39, 0.29) is 40.6 Å². The van der Waals surface area contributed by atoms with Gasteiger partial charge in [-0.2, -0.15) is 13.2 Å². The third-order valence-corrected chi connectivity index (χ3v) is 4.10. The molecule has 152 valence electrons. The van der Waals surface area contributed by atoms with Crippen LogP contribution in [0.2, 0.25) is 10.0 Å². The summed E-state index contributed by atoms with van der Waals surface area (Å²) in [6.07, 6.45) is -5.79. The number of ether oxygens (including phenoxy) is 3. The highest BCUT2D eigenvalue weighted by molar-refractivity contribution is 6.32. The van der Waals surface area contributed by atoms with Crippen LogP contribution in [0.4, 0.5) is 13.2 Å². The molecule has 0 spiro atoms. The van der Waals surface area contributed by atoms with Crippen molar-refractivity contribution in [3.05, 3.63) is 58.1 Å². The molecule has 1 unspecified atom stereocenters. The Morgan fingerprint density at radius 3 is 2.36 bits per heavy atom. The maximum absolute atomic E-state index is 12.7. The molecule has 0 aliphatic carbocycles. The molecule has 0 aliphatic heterocycles. The third kappa shape index (κ3) is 6.36. The van der Waals surface area contributed by atoms with E-state index in [1.165, 1.54) is 6.07 Å². The van der Waals surface area contributed by atoms with Crippen molar-refractivity contribution in [2.45, 2.75) is 12.3 Å². The van der Waals surface area contributed by atoms with Crippen LogP contribution in [0.3, 0.4) is 0 Å². The number of halogens is 6. The Labute approximate surface area is 174 Å². The number of esters is 1. The van der Waals surface area contributed by atoms with Crippen LogP contribution in [-0.4, -0.2) is 31.2 Å². The van der Waals surface area contributed by atoms with E-state index < -0.39 is 23.8 Å². The van der Waals surface area contributed by atoms with Gasteiger partial charge >= 0.3 is 12.1 Å². The lowest BCUT2D eigenvalue weighted by Gasteiger charge is -2.19. The lowest BCUT2D eigenvalue weighted by molar-refractivity contribution is -0.152. The van der Waals surface area contributed by atoms with Crippen molar-refractivity contribution in [2.75, 3.05) is 19.1 Å². The Morgan fingerprint density at radius 1 is 1.04 bits per heavy atom. The van der Waals surface area contributed by atoms with Gasteiger partial charge in [-0.25, -0.2) is 4.79 Å². The zero-order chi connectivity index (χ0) is 20.7. The Balaban J connectivity index is 2.14. The summed E-state index contributed by atoms with van der Waals surface area (Å²) in [4.78, 5) is 12.2. The predicted molar refractivity (Wildman–Crippen MR) is 99.5 cm³/mol. The Kier molecular flexibility index (Phi) is 8.10. The van der Waals surface area contributed by atoms with Crippen LogP contribution in [0.25, 0.3) is 0 Å². The first-order chi connectivity index (χ1) is 13.2. The molecule has 2 aromatic carbocycles. The monoisotopic (exact) mass is 456 g/mol. The summed E-state index contributed by atoms with van der Waals surface area (Å²) in [6.45, 7) is -0.429. The molecule has 1 atom stereocenters. The first-order valence-corrected chi connectivity index (χ1v) is 9.14. The van der Waals surface area contributed by atoms with Crippen LogP contribution in [0.1, 0.15) is 5.56 Å². The lowest BCUT2D eigenvalue weighted by atomic mass is 10.2. The molecule has 2 rings (SSSR count). The molecule has 0 saturated carbocycles. The summed E-state index contributed by atoms with van der Waals surface area (Å²) in [5.74, 6) is -0.536. The van der Waals surface area contributed by atoms with Crippen molar-refractivity contribution >= 4 is 40.8 Å². The average Bonchev–Trinajstić information content (AvgIpc) is 2.64. The normalized spacial score (nSPS) is 12.4. The van der Waals surface area contributed by atoms with E-state index >= 15 is 0 Å². The van der Waals surface area contributed by atoms with Crippen LogP contribution in [0.15, 0.2) is 42.5 Å². The van der Waals surface area contributed by atoms with E-state index in [9.17, 15) is 18.0 Å². The number of para-hydroxylation sites is 1. The van der Waals surface area contributed by atoms with E-state index in [1.54, 1.807) is 18.2 Å². The van der Waals surface area contributed by atoms with Crippen LogP contribution in [0, 0.1) is 0 Å². The molecular weight excluding hydrogens is 444 g/mol. The van der Waals surface area contributed by atoms with Crippen LogP contribution in [0.5, 0.6) is 11.5 Å². The van der Waals surface area contributed by atoms with Crippen molar-refractivity contribution in [1.29, 1.82) is 0 Å². The van der Waals surface area contributed by atoms with E-state index in [0.29, 0.717) is 0 Å². The zero-order valence-corrected chi connectivity index (χ0v) is 16.4. The number of carbonyl (C=O) groups excluding carboxylic acids is 1. The molecule has 4 nitrogen and oxygen atoms in total. The van der Waals surface area contributed by atoms with Gasteiger partial charge in [-0.15, -0.1) is 11.6 Å². The van der Waals surface area contributed by atoms with Crippen LogP contribution >= 0.6 is 34.8 Å². The van der Waals surface area contributed by atoms with Crippen molar-refractivity contribution < 1.29 is 32.2 Å². The molecule has 0 fully saturated rings. The third-order valence-electron chi connectivity index (χ3n) is 3.34. The van der Waals surface area contributed by atoms with E-state index in [1.807, 2.05) is 0 Å². The number of benzene rings is 2. The van der Waals surface area contributed by atoms with Gasteiger partial charge < -0.3 is 14.2 Å². The first kappa shape index (κ1) is 22.5. The minimum Gasteiger partial charge on any atom is -0.488 e. The maximum atomic E-state index is 12.7. The highest BCUT2D eigenvalue weighted by Gasteiger charge is 2.31. The first-order valence-electron chi connectivity index (χ1n) is 7.85. The van der Waals surface area contributed by atoms with Gasteiger partial charge in [0.15, 0.2) is 0 Å². The minimum atomic E-state index is -4.54. The summed E-state index contributed by atoms with van der Waals surface area (Å²) in [7, 11) is 0. The quantitative estimate of drug-likeness (QED) is 0.381. The fourth-order valence-corrected chi connectivity index (χ4v) is 2.53. The van der Waals surface area contributed by atoms with Gasteiger partial charge in [0, 0.05) is 0 Å². The number of carbonyl (C=O) groups is 1. The van der Waals surface area contributed by atoms with E-state index in [4.69, 9.17) is 49.0 Å². The SMILES string of the molecule is O=C(OCCCl)C(COc1ccc(C(F)(F)F)cc1Cl)Oc1ccccc1Cl. The second-order valence-corrected chi connectivity index (χ2v) is 6.54. The summed E-state index contributed by atoms with van der Waals surface area (Å²) >= 11 is 17.4. The molecule has 0 radical (unpaired) electrons. The highest BCUT2D eigenvalue weighted by atomic mass is 35.5. The summed E-state index contributed by atoms with van der Waals surface area (Å²) in [5.41, 5.74) is -0.921. The second kappa shape index (κ2) is 10.1. The van der Waals surface area contributed by atoms with Crippen molar-refractivity contribution in [2.24, 2.45) is 0 Å². The fourth-order valence-electron chi connectivity index (χ4n) is 2.04. The van der Waals surface area contributed by atoms with Crippen molar-refractivity contribution in [1.82, 2.24) is 0 Å². The molecule has 0 heterocycles. The molecule has 10 heteroatoms. The van der Waals surface area contributed by atoms with E-state index in [0.717, 1.165) is 18.2 Å². The van der Waals surface area contributed by atoms with Gasteiger partial charge in [0.2, 0.25) is 6.10 Å². The number of rotatable bonds is 8. The highest BCUT2D eigenvalue weighted by Crippen LogP contribution is 2.35. The molecule has 0 amide bonds. The number of hydrogen-bond acceptors (Lipinski definition) is 4. The molecule has 0 saturated heterocycles. The smallest absolute Gasteiger partial charge is 0.416 e. The Bertz CT molecular complexity index is 815. The van der Waals surface area contributed by atoms with Gasteiger partial charge in [0.05, 0.1) is 21.5 Å². The van der Waals surface area contributed by atoms with Crippen molar-refractivity contribution in [3.8, 4) is 11.5 Å². The summed E-state index contributed by atoms with van der Waals surface area (Å²) < 4.78 is 54.0. The summed E-state index contributed by atoms with van der Waals surface area (Å²) in [5, 5.41) is -0.00866.